The summed E-state index contributed by atoms with van der Waals surface area (Å²) in [4.78, 5) is 22.1. The third-order valence-electron chi connectivity index (χ3n) is 2.99. The quantitative estimate of drug-likeness (QED) is 0.779. The Morgan fingerprint density at radius 3 is 3.00 bits per heavy atom. The van der Waals surface area contributed by atoms with Gasteiger partial charge in [-0.1, -0.05) is 0 Å². The average molecular weight is 249 g/mol. The molecule has 1 aliphatic heterocycles. The maximum Gasteiger partial charge on any atom is 0.225 e. The number of hydrogen-bond donors (Lipinski definition) is 2. The molecule has 0 saturated carbocycles. The Kier molecular flexibility index (Phi) is 4.46. The Labute approximate surface area is 107 Å². The Bertz CT molecular complexity index is 383. The lowest BCUT2D eigenvalue weighted by Gasteiger charge is -2.33. The van der Waals surface area contributed by atoms with Gasteiger partial charge in [0.1, 0.15) is 0 Å². The van der Waals surface area contributed by atoms with E-state index in [1.165, 1.54) is 0 Å². The number of carbonyl (C=O) groups excluding carboxylic acids is 1. The van der Waals surface area contributed by atoms with Crippen LogP contribution >= 0.6 is 0 Å². The predicted molar refractivity (Wildman–Crippen MR) is 69.1 cm³/mol. The van der Waals surface area contributed by atoms with Crippen LogP contribution in [0.5, 0.6) is 0 Å². The van der Waals surface area contributed by atoms with Crippen LogP contribution in [-0.2, 0) is 4.79 Å². The minimum absolute atomic E-state index is 0.0262. The first kappa shape index (κ1) is 12.8. The predicted octanol–water partition coefficient (Wildman–Crippen LogP) is -0.0896. The first-order chi connectivity index (χ1) is 8.79. The third-order valence-corrected chi connectivity index (χ3v) is 2.99. The first-order valence-corrected chi connectivity index (χ1v) is 6.31. The molecule has 1 aromatic rings. The van der Waals surface area contributed by atoms with E-state index < -0.39 is 0 Å². The van der Waals surface area contributed by atoms with Crippen molar-refractivity contribution in [1.29, 1.82) is 0 Å². The third kappa shape index (κ3) is 3.40. The van der Waals surface area contributed by atoms with Crippen LogP contribution in [-0.4, -0.2) is 41.6 Å². The first-order valence-electron chi connectivity index (χ1n) is 6.31. The average Bonchev–Trinajstić information content (AvgIpc) is 2.40. The molecule has 3 N–H and O–H groups in total. The van der Waals surface area contributed by atoms with Gasteiger partial charge in [0.2, 0.25) is 11.9 Å². The SMILES string of the molecule is NCCC(=O)NC1CCCN(c2ncccn2)C1. The molecule has 2 heterocycles. The molecule has 1 amide bonds. The lowest BCUT2D eigenvalue weighted by molar-refractivity contribution is -0.121. The van der Waals surface area contributed by atoms with Gasteiger partial charge in [-0.25, -0.2) is 9.97 Å². The number of anilines is 1. The zero-order valence-electron chi connectivity index (χ0n) is 10.4. The molecule has 0 bridgehead atoms. The highest BCUT2D eigenvalue weighted by molar-refractivity contribution is 5.76. The van der Waals surface area contributed by atoms with E-state index in [0.29, 0.717) is 13.0 Å². The molecule has 0 aromatic carbocycles. The summed E-state index contributed by atoms with van der Waals surface area (Å²) < 4.78 is 0. The minimum atomic E-state index is 0.0262. The molecular formula is C12H19N5O. The summed E-state index contributed by atoms with van der Waals surface area (Å²) in [6.45, 7) is 2.09. The molecule has 1 aliphatic rings. The summed E-state index contributed by atoms with van der Waals surface area (Å²) in [5, 5.41) is 3.00. The Morgan fingerprint density at radius 2 is 2.28 bits per heavy atom. The molecule has 0 radical (unpaired) electrons. The summed E-state index contributed by atoms with van der Waals surface area (Å²) in [5.74, 6) is 0.758. The standard InChI is InChI=1S/C12H19N5O/c13-5-4-11(18)16-10-3-1-8-17(9-10)12-14-6-2-7-15-12/h2,6-7,10H,1,3-5,8-9,13H2,(H,16,18). The van der Waals surface area contributed by atoms with E-state index in [-0.39, 0.29) is 11.9 Å². The van der Waals surface area contributed by atoms with Crippen LogP contribution in [0.25, 0.3) is 0 Å². The molecule has 1 unspecified atom stereocenters. The monoisotopic (exact) mass is 249 g/mol. The zero-order chi connectivity index (χ0) is 12.8. The lowest BCUT2D eigenvalue weighted by atomic mass is 10.1. The maximum absolute atomic E-state index is 11.5. The Balaban J connectivity index is 1.91. The molecule has 98 valence electrons. The zero-order valence-corrected chi connectivity index (χ0v) is 10.4. The van der Waals surface area contributed by atoms with E-state index in [2.05, 4.69) is 20.2 Å². The normalized spacial score (nSPS) is 19.6. The van der Waals surface area contributed by atoms with Gasteiger partial charge in [0.25, 0.3) is 0 Å². The number of nitrogens with two attached hydrogens (primary N) is 1. The number of piperidine rings is 1. The summed E-state index contributed by atoms with van der Waals surface area (Å²) in [5.41, 5.74) is 5.36. The fourth-order valence-electron chi connectivity index (χ4n) is 2.16. The molecule has 1 aromatic heterocycles. The summed E-state index contributed by atoms with van der Waals surface area (Å²) in [6.07, 6.45) is 5.89. The number of nitrogens with one attached hydrogen (secondary N) is 1. The van der Waals surface area contributed by atoms with Crippen LogP contribution in [0.3, 0.4) is 0 Å². The molecule has 6 nitrogen and oxygen atoms in total. The van der Waals surface area contributed by atoms with Crippen LogP contribution in [0.2, 0.25) is 0 Å². The van der Waals surface area contributed by atoms with Crippen molar-refractivity contribution in [3.8, 4) is 0 Å². The van der Waals surface area contributed by atoms with Crippen molar-refractivity contribution in [2.75, 3.05) is 24.5 Å². The second-order valence-electron chi connectivity index (χ2n) is 4.44. The molecule has 18 heavy (non-hydrogen) atoms. The number of amides is 1. The van der Waals surface area contributed by atoms with Gasteiger partial charge in [-0.2, -0.15) is 0 Å². The number of nitrogens with zero attached hydrogens (tertiary/aromatic N) is 3. The van der Waals surface area contributed by atoms with Gasteiger partial charge in [-0.15, -0.1) is 0 Å². The molecule has 1 fully saturated rings. The van der Waals surface area contributed by atoms with Crippen molar-refractivity contribution >= 4 is 11.9 Å². The van der Waals surface area contributed by atoms with Crippen LogP contribution in [0, 0.1) is 0 Å². The number of hydrogen-bond acceptors (Lipinski definition) is 5. The highest BCUT2D eigenvalue weighted by Crippen LogP contribution is 2.15. The molecule has 1 saturated heterocycles. The Hall–Kier alpha value is -1.69. The number of aromatic nitrogens is 2. The van der Waals surface area contributed by atoms with E-state index in [4.69, 9.17) is 5.73 Å². The number of carbonyl (C=O) groups is 1. The van der Waals surface area contributed by atoms with E-state index in [9.17, 15) is 4.79 Å². The van der Waals surface area contributed by atoms with Crippen molar-refractivity contribution in [2.24, 2.45) is 5.73 Å². The summed E-state index contributed by atoms with van der Waals surface area (Å²) in [7, 11) is 0. The van der Waals surface area contributed by atoms with Crippen molar-refractivity contribution in [3.05, 3.63) is 18.5 Å². The molecule has 6 heteroatoms. The van der Waals surface area contributed by atoms with E-state index >= 15 is 0 Å². The fourth-order valence-corrected chi connectivity index (χ4v) is 2.16. The van der Waals surface area contributed by atoms with Gasteiger partial charge in [-0.3, -0.25) is 4.79 Å². The molecule has 0 aliphatic carbocycles. The van der Waals surface area contributed by atoms with Crippen LogP contribution in [0.4, 0.5) is 5.95 Å². The van der Waals surface area contributed by atoms with Gasteiger partial charge >= 0.3 is 0 Å². The number of rotatable bonds is 4. The van der Waals surface area contributed by atoms with Gasteiger partial charge < -0.3 is 16.0 Å². The second kappa shape index (κ2) is 6.30. The largest absolute Gasteiger partial charge is 0.352 e. The Morgan fingerprint density at radius 1 is 1.50 bits per heavy atom. The van der Waals surface area contributed by atoms with Gasteiger partial charge in [-0.05, 0) is 18.9 Å². The molecule has 1 atom stereocenters. The van der Waals surface area contributed by atoms with Crippen molar-refractivity contribution in [2.45, 2.75) is 25.3 Å². The highest BCUT2D eigenvalue weighted by Gasteiger charge is 2.22. The van der Waals surface area contributed by atoms with Crippen molar-refractivity contribution < 1.29 is 4.79 Å². The summed E-state index contributed by atoms with van der Waals surface area (Å²) in [6, 6.07) is 1.97. The molecular weight excluding hydrogens is 230 g/mol. The molecule has 0 spiro atoms. The minimum Gasteiger partial charge on any atom is -0.352 e. The van der Waals surface area contributed by atoms with Crippen LogP contribution in [0.1, 0.15) is 19.3 Å². The van der Waals surface area contributed by atoms with Gasteiger partial charge in [0.05, 0.1) is 0 Å². The topological polar surface area (TPSA) is 84.1 Å². The van der Waals surface area contributed by atoms with Crippen LogP contribution in [0.15, 0.2) is 18.5 Å². The van der Waals surface area contributed by atoms with E-state index in [0.717, 1.165) is 31.9 Å². The maximum atomic E-state index is 11.5. The lowest BCUT2D eigenvalue weighted by Crippen LogP contribution is -2.48. The molecule has 2 rings (SSSR count). The van der Waals surface area contributed by atoms with E-state index in [1.54, 1.807) is 18.5 Å². The van der Waals surface area contributed by atoms with Gasteiger partial charge in [0, 0.05) is 44.5 Å². The van der Waals surface area contributed by atoms with Crippen LogP contribution < -0.4 is 16.0 Å². The van der Waals surface area contributed by atoms with Crippen molar-refractivity contribution in [3.63, 3.8) is 0 Å². The van der Waals surface area contributed by atoms with Gasteiger partial charge in [0.15, 0.2) is 0 Å². The fraction of sp³-hybridized carbons (Fsp3) is 0.583. The van der Waals surface area contributed by atoms with E-state index in [1.807, 2.05) is 0 Å². The van der Waals surface area contributed by atoms with Crippen molar-refractivity contribution in [1.82, 2.24) is 15.3 Å². The smallest absolute Gasteiger partial charge is 0.225 e. The summed E-state index contributed by atoms with van der Waals surface area (Å²) >= 11 is 0. The highest BCUT2D eigenvalue weighted by atomic mass is 16.1. The second-order valence-corrected chi connectivity index (χ2v) is 4.44.